The van der Waals surface area contributed by atoms with Gasteiger partial charge in [0, 0.05) is 6.61 Å². The van der Waals surface area contributed by atoms with E-state index in [0.717, 1.165) is 18.6 Å². The number of halogens is 3. The number of benzene rings is 1. The second kappa shape index (κ2) is 5.90. The highest BCUT2D eigenvalue weighted by molar-refractivity contribution is 5.26. The van der Waals surface area contributed by atoms with Gasteiger partial charge in [-0.1, -0.05) is 12.1 Å². The Hall–Kier alpha value is -1.11. The van der Waals surface area contributed by atoms with E-state index in [9.17, 15) is 13.2 Å². The molecule has 1 fully saturated rings. The van der Waals surface area contributed by atoms with Crippen LogP contribution in [-0.4, -0.2) is 25.9 Å². The third kappa shape index (κ3) is 3.92. The van der Waals surface area contributed by atoms with Crippen LogP contribution in [0.3, 0.4) is 0 Å². The van der Waals surface area contributed by atoms with E-state index in [1.54, 1.807) is 0 Å². The summed E-state index contributed by atoms with van der Waals surface area (Å²) in [6.45, 7) is 1.51. The maximum absolute atomic E-state index is 12.4. The zero-order valence-electron chi connectivity index (χ0n) is 10.3. The van der Waals surface area contributed by atoms with E-state index in [2.05, 4.69) is 0 Å². The van der Waals surface area contributed by atoms with Crippen LogP contribution in [0, 0.1) is 0 Å². The summed E-state index contributed by atoms with van der Waals surface area (Å²) in [6, 6.07) is 4.43. The average molecular weight is 275 g/mol. The van der Waals surface area contributed by atoms with Crippen molar-refractivity contribution < 1.29 is 22.6 Å². The minimum absolute atomic E-state index is 0.0421. The highest BCUT2D eigenvalue weighted by Crippen LogP contribution is 2.29. The van der Waals surface area contributed by atoms with E-state index < -0.39 is 17.8 Å². The van der Waals surface area contributed by atoms with Gasteiger partial charge in [-0.05, 0) is 24.1 Å². The summed E-state index contributed by atoms with van der Waals surface area (Å²) in [7, 11) is 0. The molecule has 2 rings (SSSR count). The van der Waals surface area contributed by atoms with E-state index in [0.29, 0.717) is 18.8 Å². The second-order valence-electron chi connectivity index (χ2n) is 4.55. The summed E-state index contributed by atoms with van der Waals surface area (Å²) in [6.07, 6.45) is -3.44. The molecule has 0 aromatic heterocycles. The van der Waals surface area contributed by atoms with Gasteiger partial charge in [-0.3, -0.25) is 0 Å². The molecule has 2 atom stereocenters. The predicted molar refractivity (Wildman–Crippen MR) is 63.5 cm³/mol. The molecule has 0 amide bonds. The molecule has 0 radical (unpaired) electrons. The highest BCUT2D eigenvalue weighted by Gasteiger charge is 2.30. The molecule has 1 aromatic rings. The van der Waals surface area contributed by atoms with Gasteiger partial charge in [0.2, 0.25) is 0 Å². The van der Waals surface area contributed by atoms with Gasteiger partial charge < -0.3 is 15.2 Å². The van der Waals surface area contributed by atoms with Gasteiger partial charge in [0.25, 0.3) is 0 Å². The quantitative estimate of drug-likeness (QED) is 0.918. The highest BCUT2D eigenvalue weighted by atomic mass is 19.4. The van der Waals surface area contributed by atoms with Gasteiger partial charge in [0.05, 0.1) is 30.9 Å². The number of hydrogen-bond acceptors (Lipinski definition) is 3. The second-order valence-corrected chi connectivity index (χ2v) is 4.55. The molecule has 1 aliphatic rings. The van der Waals surface area contributed by atoms with Crippen molar-refractivity contribution in [1.82, 2.24) is 0 Å². The van der Waals surface area contributed by atoms with Crippen LogP contribution in [0.2, 0.25) is 0 Å². The number of nitrogens with two attached hydrogens (primary N) is 1. The lowest BCUT2D eigenvalue weighted by molar-refractivity contribution is -0.137. The first-order valence-electron chi connectivity index (χ1n) is 6.09. The fourth-order valence-corrected chi connectivity index (χ4v) is 1.90. The number of rotatable bonds is 4. The lowest BCUT2D eigenvalue weighted by Gasteiger charge is -2.16. The Bertz CT molecular complexity index is 399. The monoisotopic (exact) mass is 275 g/mol. The molecule has 106 valence electrons. The van der Waals surface area contributed by atoms with E-state index in [4.69, 9.17) is 15.2 Å². The fraction of sp³-hybridized carbons (Fsp3) is 0.538. The number of hydrogen-bond donors (Lipinski definition) is 1. The molecule has 1 heterocycles. The SMILES string of the molecule is NC(COC1CCOC1)c1ccc(C(F)(F)F)cc1. The summed E-state index contributed by atoms with van der Waals surface area (Å²) in [4.78, 5) is 0. The Kier molecular flexibility index (Phi) is 4.44. The van der Waals surface area contributed by atoms with Crippen LogP contribution < -0.4 is 5.73 Å². The van der Waals surface area contributed by atoms with Crippen molar-refractivity contribution in [2.75, 3.05) is 19.8 Å². The summed E-state index contributed by atoms with van der Waals surface area (Å²) >= 11 is 0. The molecule has 0 spiro atoms. The van der Waals surface area contributed by atoms with Gasteiger partial charge >= 0.3 is 6.18 Å². The topological polar surface area (TPSA) is 44.5 Å². The van der Waals surface area contributed by atoms with E-state index >= 15 is 0 Å². The fourth-order valence-electron chi connectivity index (χ4n) is 1.90. The van der Waals surface area contributed by atoms with Crippen molar-refractivity contribution in [2.45, 2.75) is 24.7 Å². The predicted octanol–water partition coefficient (Wildman–Crippen LogP) is 2.51. The Balaban J connectivity index is 1.89. The molecular formula is C13H16F3NO2. The first kappa shape index (κ1) is 14.3. The standard InChI is InChI=1S/C13H16F3NO2/c14-13(15,16)10-3-1-9(2-4-10)12(17)8-19-11-5-6-18-7-11/h1-4,11-12H,5-8,17H2. The van der Waals surface area contributed by atoms with Crippen molar-refractivity contribution in [1.29, 1.82) is 0 Å². The van der Waals surface area contributed by atoms with Crippen molar-refractivity contribution in [2.24, 2.45) is 5.73 Å². The summed E-state index contributed by atoms with van der Waals surface area (Å²) in [5, 5.41) is 0. The molecule has 6 heteroatoms. The van der Waals surface area contributed by atoms with Gasteiger partial charge in [-0.15, -0.1) is 0 Å². The third-order valence-corrected chi connectivity index (χ3v) is 3.07. The first-order chi connectivity index (χ1) is 8.97. The summed E-state index contributed by atoms with van der Waals surface area (Å²) < 4.78 is 47.9. The van der Waals surface area contributed by atoms with Crippen molar-refractivity contribution >= 4 is 0 Å². The number of ether oxygens (including phenoxy) is 2. The van der Waals surface area contributed by atoms with Crippen LogP contribution in [-0.2, 0) is 15.7 Å². The zero-order valence-corrected chi connectivity index (χ0v) is 10.3. The van der Waals surface area contributed by atoms with Crippen molar-refractivity contribution in [3.8, 4) is 0 Å². The minimum Gasteiger partial charge on any atom is -0.379 e. The first-order valence-corrected chi connectivity index (χ1v) is 6.09. The zero-order chi connectivity index (χ0) is 13.9. The van der Waals surface area contributed by atoms with Crippen LogP contribution in [0.15, 0.2) is 24.3 Å². The molecule has 19 heavy (non-hydrogen) atoms. The molecule has 0 aliphatic carbocycles. The van der Waals surface area contributed by atoms with Gasteiger partial charge in [0.15, 0.2) is 0 Å². The van der Waals surface area contributed by atoms with Crippen molar-refractivity contribution in [3.05, 3.63) is 35.4 Å². The van der Waals surface area contributed by atoms with Crippen LogP contribution in [0.4, 0.5) is 13.2 Å². The average Bonchev–Trinajstić information content (AvgIpc) is 2.88. The lowest BCUT2D eigenvalue weighted by atomic mass is 10.1. The smallest absolute Gasteiger partial charge is 0.379 e. The number of alkyl halides is 3. The van der Waals surface area contributed by atoms with Crippen LogP contribution in [0.5, 0.6) is 0 Å². The molecule has 1 aromatic carbocycles. The van der Waals surface area contributed by atoms with Gasteiger partial charge in [-0.2, -0.15) is 13.2 Å². The van der Waals surface area contributed by atoms with E-state index in [1.165, 1.54) is 12.1 Å². The summed E-state index contributed by atoms with van der Waals surface area (Å²) in [5.41, 5.74) is 5.84. The lowest BCUT2D eigenvalue weighted by Crippen LogP contribution is -2.22. The van der Waals surface area contributed by atoms with Crippen LogP contribution in [0.25, 0.3) is 0 Å². The summed E-state index contributed by atoms with van der Waals surface area (Å²) in [5.74, 6) is 0. The Morgan fingerprint density at radius 2 is 2.00 bits per heavy atom. The Morgan fingerprint density at radius 1 is 1.32 bits per heavy atom. The normalized spacial score (nSPS) is 21.6. The Morgan fingerprint density at radius 3 is 2.53 bits per heavy atom. The molecule has 3 nitrogen and oxygen atoms in total. The molecule has 2 unspecified atom stereocenters. The van der Waals surface area contributed by atoms with E-state index in [1.807, 2.05) is 0 Å². The largest absolute Gasteiger partial charge is 0.416 e. The van der Waals surface area contributed by atoms with Crippen LogP contribution >= 0.6 is 0 Å². The third-order valence-electron chi connectivity index (χ3n) is 3.07. The maximum atomic E-state index is 12.4. The van der Waals surface area contributed by atoms with Crippen LogP contribution in [0.1, 0.15) is 23.6 Å². The van der Waals surface area contributed by atoms with E-state index in [-0.39, 0.29) is 12.7 Å². The molecule has 1 saturated heterocycles. The molecule has 0 saturated carbocycles. The van der Waals surface area contributed by atoms with Gasteiger partial charge in [0.1, 0.15) is 0 Å². The molecule has 0 bridgehead atoms. The minimum atomic E-state index is -4.32. The Labute approximate surface area is 109 Å². The molecular weight excluding hydrogens is 259 g/mol. The molecule has 2 N–H and O–H groups in total. The molecule has 1 aliphatic heterocycles. The maximum Gasteiger partial charge on any atom is 0.416 e. The van der Waals surface area contributed by atoms with Crippen molar-refractivity contribution in [3.63, 3.8) is 0 Å². The van der Waals surface area contributed by atoms with Gasteiger partial charge in [-0.25, -0.2) is 0 Å².